The third-order valence-corrected chi connectivity index (χ3v) is 2.34. The molecule has 7 nitrogen and oxygen atoms in total. The highest BCUT2D eigenvalue weighted by molar-refractivity contribution is 5.92. The molecule has 0 aliphatic carbocycles. The lowest BCUT2D eigenvalue weighted by molar-refractivity contribution is 0.0945. The molecule has 0 fully saturated rings. The van der Waals surface area contributed by atoms with E-state index in [9.17, 15) is 4.79 Å². The molecule has 100 valence electrons. The average molecular weight is 261 g/mol. The fourth-order valence-corrected chi connectivity index (χ4v) is 1.40. The van der Waals surface area contributed by atoms with Gasteiger partial charge in [0, 0.05) is 12.6 Å². The highest BCUT2D eigenvalue weighted by atomic mass is 16.5. The molecule has 0 atom stereocenters. The van der Waals surface area contributed by atoms with Gasteiger partial charge in [-0.1, -0.05) is 12.1 Å². The van der Waals surface area contributed by atoms with E-state index in [-0.39, 0.29) is 11.6 Å². The Morgan fingerprint density at radius 2 is 2.32 bits per heavy atom. The lowest BCUT2D eigenvalue weighted by Gasteiger charge is -2.05. The summed E-state index contributed by atoms with van der Waals surface area (Å²) >= 11 is 0. The second kappa shape index (κ2) is 6.48. The molecular weight excluding hydrogens is 246 g/mol. The molecule has 0 aliphatic heterocycles. The minimum atomic E-state index is -0.296. The molecule has 19 heavy (non-hydrogen) atoms. The van der Waals surface area contributed by atoms with E-state index in [4.69, 9.17) is 0 Å². The molecule has 2 rings (SSSR count). The highest BCUT2D eigenvalue weighted by Gasteiger charge is 2.09. The lowest BCUT2D eigenvalue weighted by atomic mass is 10.3. The summed E-state index contributed by atoms with van der Waals surface area (Å²) < 4.78 is 4.68. The van der Waals surface area contributed by atoms with Crippen LogP contribution in [0.15, 0.2) is 29.2 Å². The summed E-state index contributed by atoms with van der Waals surface area (Å²) in [4.78, 5) is 20.0. The molecular formula is C12H15N5O2. The number of carbonyl (C=O) groups is 1. The van der Waals surface area contributed by atoms with Gasteiger partial charge in [0.15, 0.2) is 0 Å². The number of carbonyl (C=O) groups excluding carboxylic acids is 1. The van der Waals surface area contributed by atoms with Crippen molar-refractivity contribution in [3.05, 3.63) is 36.1 Å². The Kier molecular flexibility index (Phi) is 4.44. The normalized spacial score (nSPS) is 10.2. The molecule has 2 aromatic heterocycles. The number of hydrogen-bond acceptors (Lipinski definition) is 6. The number of anilines is 1. The number of aromatic nitrogens is 3. The fraction of sp³-hybridized carbons (Fsp3) is 0.333. The minimum Gasteiger partial charge on any atom is -0.369 e. The molecule has 2 N–H and O–H groups in total. The quantitative estimate of drug-likeness (QED) is 0.812. The first-order valence-electron chi connectivity index (χ1n) is 6.03. The van der Waals surface area contributed by atoms with Crippen molar-refractivity contribution in [3.8, 4) is 0 Å². The Hall–Kier alpha value is -2.44. The summed E-state index contributed by atoms with van der Waals surface area (Å²) in [5.41, 5.74) is 0.922. The second-order valence-corrected chi connectivity index (χ2v) is 3.89. The predicted octanol–water partition coefficient (Wildman–Crippen LogP) is 1.22. The van der Waals surface area contributed by atoms with Gasteiger partial charge >= 0.3 is 0 Å². The molecule has 0 radical (unpaired) electrons. The van der Waals surface area contributed by atoms with Crippen LogP contribution < -0.4 is 10.6 Å². The Morgan fingerprint density at radius 1 is 1.42 bits per heavy atom. The van der Waals surface area contributed by atoms with Crippen LogP contribution >= 0.6 is 0 Å². The van der Waals surface area contributed by atoms with Gasteiger partial charge in [-0.3, -0.25) is 9.78 Å². The average Bonchev–Trinajstić information content (AvgIpc) is 2.96. The van der Waals surface area contributed by atoms with Gasteiger partial charge in [0.2, 0.25) is 0 Å². The molecule has 2 heterocycles. The van der Waals surface area contributed by atoms with Crippen molar-refractivity contribution < 1.29 is 9.32 Å². The Morgan fingerprint density at radius 3 is 3.05 bits per heavy atom. The minimum absolute atomic E-state index is 0.268. The monoisotopic (exact) mass is 261 g/mol. The number of nitrogens with zero attached hydrogens (tertiary/aromatic N) is 3. The molecule has 0 bridgehead atoms. The predicted molar refractivity (Wildman–Crippen MR) is 68.5 cm³/mol. The van der Waals surface area contributed by atoms with Crippen LogP contribution in [0.3, 0.4) is 0 Å². The number of nitrogens with one attached hydrogen (secondary N) is 2. The maximum Gasteiger partial charge on any atom is 0.271 e. The zero-order valence-corrected chi connectivity index (χ0v) is 10.6. The molecule has 0 aliphatic rings. The molecule has 0 aromatic carbocycles. The van der Waals surface area contributed by atoms with E-state index in [0.29, 0.717) is 18.1 Å². The number of hydrogen-bond donors (Lipinski definition) is 2. The summed E-state index contributed by atoms with van der Waals surface area (Å²) in [7, 11) is 0. The van der Waals surface area contributed by atoms with Gasteiger partial charge in [-0.15, -0.1) is 0 Å². The van der Waals surface area contributed by atoms with Crippen molar-refractivity contribution in [3.63, 3.8) is 0 Å². The maximum absolute atomic E-state index is 11.9. The van der Waals surface area contributed by atoms with Gasteiger partial charge in [0.25, 0.3) is 5.91 Å². The summed E-state index contributed by atoms with van der Waals surface area (Å²) in [5.74, 6) is 0.298. The molecule has 1 amide bonds. The van der Waals surface area contributed by atoms with Crippen molar-refractivity contribution in [2.45, 2.75) is 19.9 Å². The van der Waals surface area contributed by atoms with Crippen LogP contribution in [0, 0.1) is 0 Å². The zero-order valence-electron chi connectivity index (χ0n) is 10.6. The van der Waals surface area contributed by atoms with Gasteiger partial charge in [-0.2, -0.15) is 0 Å². The summed E-state index contributed by atoms with van der Waals surface area (Å²) in [6, 6.07) is 1.69. The van der Waals surface area contributed by atoms with E-state index in [0.717, 1.165) is 13.0 Å². The third kappa shape index (κ3) is 3.77. The third-order valence-electron chi connectivity index (χ3n) is 2.34. The van der Waals surface area contributed by atoms with E-state index in [2.05, 4.69) is 37.2 Å². The van der Waals surface area contributed by atoms with Crippen LogP contribution in [0.2, 0.25) is 0 Å². The molecule has 0 saturated carbocycles. The van der Waals surface area contributed by atoms with Gasteiger partial charge in [-0.25, -0.2) is 4.98 Å². The SMILES string of the molecule is CCCNc1cncc(C(=O)NCc2ccon2)n1. The first-order chi connectivity index (χ1) is 9.29. The Bertz CT molecular complexity index is 527. The molecule has 0 unspecified atom stereocenters. The van der Waals surface area contributed by atoms with Crippen LogP contribution in [0.25, 0.3) is 0 Å². The van der Waals surface area contributed by atoms with Gasteiger partial charge < -0.3 is 15.2 Å². The van der Waals surface area contributed by atoms with E-state index < -0.39 is 0 Å². The lowest BCUT2D eigenvalue weighted by Crippen LogP contribution is -2.24. The van der Waals surface area contributed by atoms with Crippen LogP contribution in [-0.4, -0.2) is 27.6 Å². The summed E-state index contributed by atoms with van der Waals surface area (Å²) in [6.45, 7) is 3.14. The molecule has 2 aromatic rings. The summed E-state index contributed by atoms with van der Waals surface area (Å²) in [5, 5.41) is 9.47. The second-order valence-electron chi connectivity index (χ2n) is 3.89. The van der Waals surface area contributed by atoms with Crippen LogP contribution in [0.5, 0.6) is 0 Å². The Balaban J connectivity index is 1.94. The molecule has 7 heteroatoms. The van der Waals surface area contributed by atoms with E-state index in [1.54, 1.807) is 12.3 Å². The fourth-order valence-electron chi connectivity index (χ4n) is 1.40. The van der Waals surface area contributed by atoms with Gasteiger partial charge in [0.05, 0.1) is 18.9 Å². The molecule has 0 spiro atoms. The largest absolute Gasteiger partial charge is 0.369 e. The van der Waals surface area contributed by atoms with Crippen molar-refractivity contribution in [1.82, 2.24) is 20.4 Å². The number of rotatable bonds is 6. The van der Waals surface area contributed by atoms with Gasteiger partial charge in [-0.05, 0) is 6.42 Å². The van der Waals surface area contributed by atoms with E-state index in [1.807, 2.05) is 0 Å². The van der Waals surface area contributed by atoms with Crippen molar-refractivity contribution >= 4 is 11.7 Å². The highest BCUT2D eigenvalue weighted by Crippen LogP contribution is 2.02. The topological polar surface area (TPSA) is 92.9 Å². The zero-order chi connectivity index (χ0) is 13.5. The van der Waals surface area contributed by atoms with Crippen LogP contribution in [-0.2, 0) is 6.54 Å². The summed E-state index contributed by atoms with van der Waals surface area (Å²) in [6.07, 6.45) is 5.44. The maximum atomic E-state index is 11.9. The number of amides is 1. The standard InChI is InChI=1S/C12H15N5O2/c1-2-4-14-11-8-13-7-10(16-11)12(18)15-6-9-3-5-19-17-9/h3,5,7-8H,2,4,6H2,1H3,(H,14,16)(H,15,18). The smallest absolute Gasteiger partial charge is 0.271 e. The Labute approximate surface area is 110 Å². The van der Waals surface area contributed by atoms with Crippen LogP contribution in [0.4, 0.5) is 5.82 Å². The first kappa shape index (κ1) is 13.0. The van der Waals surface area contributed by atoms with Crippen molar-refractivity contribution in [2.75, 3.05) is 11.9 Å². The van der Waals surface area contributed by atoms with Crippen molar-refractivity contribution in [2.24, 2.45) is 0 Å². The van der Waals surface area contributed by atoms with Gasteiger partial charge in [0.1, 0.15) is 23.5 Å². The van der Waals surface area contributed by atoms with Crippen molar-refractivity contribution in [1.29, 1.82) is 0 Å². The first-order valence-corrected chi connectivity index (χ1v) is 6.03. The molecule has 0 saturated heterocycles. The van der Waals surface area contributed by atoms with Crippen LogP contribution in [0.1, 0.15) is 29.5 Å². The van der Waals surface area contributed by atoms with E-state index in [1.165, 1.54) is 12.5 Å². The van der Waals surface area contributed by atoms with E-state index >= 15 is 0 Å².